The fourth-order valence-corrected chi connectivity index (χ4v) is 6.09. The summed E-state index contributed by atoms with van der Waals surface area (Å²) < 4.78 is 17.6. The quantitative estimate of drug-likeness (QED) is 0.208. The number of carbonyl (C=O) groups is 1. The monoisotopic (exact) mass is 452 g/mol. The normalized spacial score (nSPS) is 10.9. The van der Waals surface area contributed by atoms with E-state index >= 15 is 0 Å². The van der Waals surface area contributed by atoms with Gasteiger partial charge in [-0.2, -0.15) is 5.26 Å². The lowest BCUT2D eigenvalue weighted by molar-refractivity contribution is -0.117. The Morgan fingerprint density at radius 1 is 0.875 bits per heavy atom. The molecule has 0 unspecified atom stereocenters. The van der Waals surface area contributed by atoms with Crippen LogP contribution in [-0.2, 0) is 18.1 Å². The van der Waals surface area contributed by atoms with Crippen molar-refractivity contribution >= 4 is 20.3 Å². The van der Waals surface area contributed by atoms with Crippen molar-refractivity contribution in [1.29, 1.82) is 5.26 Å². The van der Waals surface area contributed by atoms with E-state index in [-0.39, 0.29) is 5.57 Å². The summed E-state index contributed by atoms with van der Waals surface area (Å²) in [5.41, 5.74) is 2.35. The molecular formula is C25H32N2O4Si. The third-order valence-corrected chi connectivity index (χ3v) is 7.90. The van der Waals surface area contributed by atoms with Crippen LogP contribution in [0.4, 0.5) is 0 Å². The molecule has 0 fully saturated rings. The molecule has 1 N–H and O–H groups in total. The van der Waals surface area contributed by atoms with E-state index in [0.717, 1.165) is 11.1 Å². The van der Waals surface area contributed by atoms with Crippen molar-refractivity contribution in [3.05, 3.63) is 77.4 Å². The minimum atomic E-state index is -2.76. The van der Waals surface area contributed by atoms with Crippen molar-refractivity contribution in [2.24, 2.45) is 0 Å². The smallest absolute Gasteiger partial charge is 0.374 e. The molecule has 32 heavy (non-hydrogen) atoms. The number of rotatable bonds is 13. The van der Waals surface area contributed by atoms with Gasteiger partial charge in [-0.05, 0) is 38.3 Å². The molecule has 0 aliphatic carbocycles. The fraction of sp³-hybridized carbons (Fsp3) is 0.360. The van der Waals surface area contributed by atoms with Crippen molar-refractivity contribution in [2.45, 2.75) is 33.2 Å². The van der Waals surface area contributed by atoms with Crippen LogP contribution in [0, 0.1) is 11.3 Å². The van der Waals surface area contributed by atoms with Crippen molar-refractivity contribution in [1.82, 2.24) is 5.32 Å². The summed E-state index contributed by atoms with van der Waals surface area (Å²) in [5.74, 6) is -0.397. The molecule has 0 aliphatic rings. The second-order valence-electron chi connectivity index (χ2n) is 6.94. The Hall–Kier alpha value is -2.76. The van der Waals surface area contributed by atoms with Crippen LogP contribution in [0.15, 0.2) is 66.2 Å². The topological polar surface area (TPSA) is 80.6 Å². The van der Waals surface area contributed by atoms with E-state index in [4.69, 9.17) is 13.3 Å². The van der Waals surface area contributed by atoms with Gasteiger partial charge in [-0.15, -0.1) is 0 Å². The van der Waals surface area contributed by atoms with Gasteiger partial charge >= 0.3 is 8.80 Å². The lowest BCUT2D eigenvalue weighted by Gasteiger charge is -2.28. The van der Waals surface area contributed by atoms with Crippen LogP contribution >= 0.6 is 0 Å². The first kappa shape index (κ1) is 25.5. The standard InChI is InChI=1S/C25H32N2O4Si/c1-4-29-32(30-5-2,31-6-3)19-13-18-27-25(28)23(20-26)24(21-14-9-7-10-15-21)22-16-11-8-12-17-22/h7-12,14-17H,4-6,13,18-19H2,1-3H3,(H,27,28). The van der Waals surface area contributed by atoms with Gasteiger partial charge in [-0.25, -0.2) is 0 Å². The molecule has 0 aliphatic heterocycles. The lowest BCUT2D eigenvalue weighted by atomic mass is 9.93. The highest BCUT2D eigenvalue weighted by molar-refractivity contribution is 6.60. The molecule has 6 nitrogen and oxygen atoms in total. The number of carbonyl (C=O) groups excluding carboxylic acids is 1. The number of benzene rings is 2. The van der Waals surface area contributed by atoms with E-state index in [9.17, 15) is 10.1 Å². The van der Waals surface area contributed by atoms with E-state index in [2.05, 4.69) is 11.4 Å². The molecule has 2 aromatic carbocycles. The van der Waals surface area contributed by atoms with Gasteiger partial charge in [0.2, 0.25) is 0 Å². The Morgan fingerprint density at radius 3 is 1.75 bits per heavy atom. The molecule has 0 saturated heterocycles. The average Bonchev–Trinajstić information content (AvgIpc) is 2.81. The van der Waals surface area contributed by atoms with Crippen LogP contribution in [0.2, 0.25) is 6.04 Å². The summed E-state index contributed by atoms with van der Waals surface area (Å²) in [6, 6.07) is 21.7. The van der Waals surface area contributed by atoms with Crippen LogP contribution in [-0.4, -0.2) is 41.1 Å². The third-order valence-electron chi connectivity index (χ3n) is 4.75. The van der Waals surface area contributed by atoms with Crippen molar-refractivity contribution < 1.29 is 18.1 Å². The average molecular weight is 453 g/mol. The minimum absolute atomic E-state index is 0.0883. The molecule has 2 aromatic rings. The summed E-state index contributed by atoms with van der Waals surface area (Å²) in [6.07, 6.45) is 0.628. The first-order valence-electron chi connectivity index (χ1n) is 11.1. The molecule has 2 rings (SSSR count). The second-order valence-corrected chi connectivity index (χ2v) is 9.67. The molecule has 0 heterocycles. The van der Waals surface area contributed by atoms with Gasteiger partial charge in [0.05, 0.1) is 0 Å². The van der Waals surface area contributed by atoms with E-state index in [0.29, 0.717) is 44.4 Å². The summed E-state index contributed by atoms with van der Waals surface area (Å²) in [7, 11) is -2.76. The predicted molar refractivity (Wildman–Crippen MR) is 128 cm³/mol. The molecule has 0 saturated carbocycles. The lowest BCUT2D eigenvalue weighted by Crippen LogP contribution is -2.46. The Kier molecular flexibility index (Phi) is 10.8. The zero-order chi connectivity index (χ0) is 23.2. The third kappa shape index (κ3) is 7.14. The summed E-state index contributed by atoms with van der Waals surface area (Å²) in [4.78, 5) is 13.0. The van der Waals surface area contributed by atoms with Crippen molar-refractivity contribution in [3.63, 3.8) is 0 Å². The SMILES string of the molecule is CCO[Si](CCCNC(=O)C(C#N)=C(c1ccccc1)c1ccccc1)(OCC)OCC. The predicted octanol–water partition coefficient (Wildman–Crippen LogP) is 4.57. The van der Waals surface area contributed by atoms with Crippen LogP contribution in [0.1, 0.15) is 38.3 Å². The number of nitriles is 1. The van der Waals surface area contributed by atoms with E-state index in [1.165, 1.54) is 0 Å². The number of hydrogen-bond donors (Lipinski definition) is 1. The first-order valence-corrected chi connectivity index (χ1v) is 13.0. The Labute approximate surface area is 192 Å². The molecule has 0 bridgehead atoms. The largest absolute Gasteiger partial charge is 0.500 e. The van der Waals surface area contributed by atoms with Crippen LogP contribution in [0.25, 0.3) is 5.57 Å². The molecule has 170 valence electrons. The summed E-state index contributed by atoms with van der Waals surface area (Å²) in [6.45, 7) is 7.68. The first-order chi connectivity index (χ1) is 15.6. The van der Waals surface area contributed by atoms with Gasteiger partial charge in [0.15, 0.2) is 0 Å². The number of nitrogens with one attached hydrogen (secondary N) is 1. The van der Waals surface area contributed by atoms with Gasteiger partial charge in [0.25, 0.3) is 5.91 Å². The molecular weight excluding hydrogens is 420 g/mol. The molecule has 0 aromatic heterocycles. The minimum Gasteiger partial charge on any atom is -0.374 e. The van der Waals surface area contributed by atoms with E-state index < -0.39 is 14.7 Å². The van der Waals surface area contributed by atoms with E-state index in [1.807, 2.05) is 81.4 Å². The van der Waals surface area contributed by atoms with Crippen LogP contribution in [0.3, 0.4) is 0 Å². The van der Waals surface area contributed by atoms with E-state index in [1.54, 1.807) is 0 Å². The maximum Gasteiger partial charge on any atom is 0.500 e. The Balaban J connectivity index is 2.18. The molecule has 0 spiro atoms. The maximum atomic E-state index is 13.0. The van der Waals surface area contributed by atoms with Gasteiger partial charge in [0, 0.05) is 38.0 Å². The maximum absolute atomic E-state index is 13.0. The highest BCUT2D eigenvalue weighted by atomic mass is 28.4. The molecule has 1 amide bonds. The zero-order valence-electron chi connectivity index (χ0n) is 19.1. The van der Waals surface area contributed by atoms with Crippen LogP contribution < -0.4 is 5.32 Å². The van der Waals surface area contributed by atoms with Gasteiger partial charge in [0.1, 0.15) is 11.6 Å². The fourth-order valence-electron chi connectivity index (χ4n) is 3.48. The Morgan fingerprint density at radius 2 is 1.34 bits per heavy atom. The molecule has 0 radical (unpaired) electrons. The molecule has 0 atom stereocenters. The summed E-state index contributed by atoms with van der Waals surface area (Å²) >= 11 is 0. The highest BCUT2D eigenvalue weighted by Gasteiger charge is 2.39. The number of amides is 1. The number of hydrogen-bond acceptors (Lipinski definition) is 5. The van der Waals surface area contributed by atoms with Gasteiger partial charge in [-0.1, -0.05) is 60.7 Å². The zero-order valence-corrected chi connectivity index (χ0v) is 20.1. The summed E-state index contributed by atoms with van der Waals surface area (Å²) in [5, 5.41) is 12.8. The van der Waals surface area contributed by atoms with Crippen molar-refractivity contribution in [3.8, 4) is 6.07 Å². The van der Waals surface area contributed by atoms with Crippen molar-refractivity contribution in [2.75, 3.05) is 26.4 Å². The highest BCUT2D eigenvalue weighted by Crippen LogP contribution is 2.27. The van der Waals surface area contributed by atoms with Gasteiger partial charge < -0.3 is 18.6 Å². The molecule has 7 heteroatoms. The van der Waals surface area contributed by atoms with Crippen LogP contribution in [0.5, 0.6) is 0 Å². The van der Waals surface area contributed by atoms with Gasteiger partial charge in [-0.3, -0.25) is 4.79 Å². The number of nitrogens with zero attached hydrogens (tertiary/aromatic N) is 1. The second kappa shape index (κ2) is 13.6. The Bertz CT molecular complexity index is 852.